The molecule has 0 aliphatic carbocycles. The van der Waals surface area contributed by atoms with Gasteiger partial charge < -0.3 is 0 Å². The highest BCUT2D eigenvalue weighted by Crippen LogP contribution is 2.27. The molecule has 0 atom stereocenters. The van der Waals surface area contributed by atoms with Crippen molar-refractivity contribution in [1.82, 2.24) is 9.97 Å². The number of aryl methyl sites for hydroxylation is 1. The molecule has 0 fully saturated rings. The van der Waals surface area contributed by atoms with Crippen LogP contribution < -0.4 is 0 Å². The lowest BCUT2D eigenvalue weighted by Gasteiger charge is -1.91. The van der Waals surface area contributed by atoms with Crippen molar-refractivity contribution in [3.05, 3.63) is 35.0 Å². The van der Waals surface area contributed by atoms with Crippen LogP contribution in [0.4, 0.5) is 0 Å². The predicted molar refractivity (Wildman–Crippen MR) is 62.7 cm³/mol. The van der Waals surface area contributed by atoms with Gasteiger partial charge in [-0.15, -0.1) is 11.3 Å². The van der Waals surface area contributed by atoms with Crippen molar-refractivity contribution in [1.29, 1.82) is 0 Å². The highest BCUT2D eigenvalue weighted by Gasteiger charge is 2.08. The van der Waals surface area contributed by atoms with E-state index in [-0.39, 0.29) is 0 Å². The normalized spacial score (nSPS) is 10.4. The van der Waals surface area contributed by atoms with Crippen molar-refractivity contribution in [2.75, 3.05) is 0 Å². The lowest BCUT2D eigenvalue weighted by Crippen LogP contribution is -1.80. The molecule has 2 nitrogen and oxygen atoms in total. The number of rotatable bonds is 2. The first-order chi connectivity index (χ1) is 6.81. The fraction of sp³-hybridized carbons (Fsp3) is 0.200. The maximum absolute atomic E-state index is 4.48. The summed E-state index contributed by atoms with van der Waals surface area (Å²) in [4.78, 5) is 10.0. The standard InChI is InChI=1S/C10H9BrN2S/c1-7-9(6-11)14-10(13-7)8-4-2-3-5-12-8/h2-5H,6H2,1H3. The molecule has 72 valence electrons. The Morgan fingerprint density at radius 3 is 2.86 bits per heavy atom. The van der Waals surface area contributed by atoms with Crippen LogP contribution in [-0.2, 0) is 5.33 Å². The van der Waals surface area contributed by atoms with Gasteiger partial charge in [0.25, 0.3) is 0 Å². The highest BCUT2D eigenvalue weighted by atomic mass is 79.9. The number of thiazole rings is 1. The van der Waals surface area contributed by atoms with Crippen LogP contribution in [0.5, 0.6) is 0 Å². The fourth-order valence-electron chi connectivity index (χ4n) is 1.15. The first-order valence-corrected chi connectivity index (χ1v) is 6.18. The van der Waals surface area contributed by atoms with Crippen LogP contribution in [0.3, 0.4) is 0 Å². The number of aromatic nitrogens is 2. The van der Waals surface area contributed by atoms with Crippen molar-refractivity contribution >= 4 is 27.3 Å². The molecule has 2 aromatic rings. The van der Waals surface area contributed by atoms with Crippen molar-refractivity contribution in [3.63, 3.8) is 0 Å². The van der Waals surface area contributed by atoms with E-state index in [4.69, 9.17) is 0 Å². The summed E-state index contributed by atoms with van der Waals surface area (Å²) in [6.07, 6.45) is 1.79. The average Bonchev–Trinajstić information content (AvgIpc) is 2.61. The van der Waals surface area contributed by atoms with E-state index < -0.39 is 0 Å². The Balaban J connectivity index is 2.43. The summed E-state index contributed by atoms with van der Waals surface area (Å²) in [5.41, 5.74) is 2.04. The van der Waals surface area contributed by atoms with Crippen LogP contribution in [0.15, 0.2) is 24.4 Å². The Labute approximate surface area is 95.2 Å². The zero-order chi connectivity index (χ0) is 9.97. The Hall–Kier alpha value is -0.740. The van der Waals surface area contributed by atoms with Crippen molar-refractivity contribution in [2.45, 2.75) is 12.3 Å². The smallest absolute Gasteiger partial charge is 0.142 e. The molecule has 2 rings (SSSR count). The molecule has 2 heterocycles. The zero-order valence-corrected chi connectivity index (χ0v) is 10.1. The Morgan fingerprint density at radius 1 is 1.43 bits per heavy atom. The fourth-order valence-corrected chi connectivity index (χ4v) is 2.79. The van der Waals surface area contributed by atoms with Crippen LogP contribution in [0.2, 0.25) is 0 Å². The van der Waals surface area contributed by atoms with Gasteiger partial charge >= 0.3 is 0 Å². The van der Waals surface area contributed by atoms with Gasteiger partial charge in [0, 0.05) is 16.4 Å². The molecule has 0 saturated carbocycles. The van der Waals surface area contributed by atoms with E-state index in [2.05, 4.69) is 25.9 Å². The summed E-state index contributed by atoms with van der Waals surface area (Å²) in [5.74, 6) is 0. The Morgan fingerprint density at radius 2 is 2.29 bits per heavy atom. The molecule has 0 N–H and O–H groups in total. The molecule has 14 heavy (non-hydrogen) atoms. The summed E-state index contributed by atoms with van der Waals surface area (Å²) in [7, 11) is 0. The van der Waals surface area contributed by atoms with Gasteiger partial charge in [-0.05, 0) is 19.1 Å². The predicted octanol–water partition coefficient (Wildman–Crippen LogP) is 3.41. The van der Waals surface area contributed by atoms with Crippen LogP contribution in [-0.4, -0.2) is 9.97 Å². The number of alkyl halides is 1. The molecule has 0 amide bonds. The molecule has 0 saturated heterocycles. The second kappa shape index (κ2) is 4.19. The van der Waals surface area contributed by atoms with Crippen LogP contribution in [0.25, 0.3) is 10.7 Å². The molecule has 0 unspecified atom stereocenters. The lowest BCUT2D eigenvalue weighted by atomic mass is 10.3. The third-order valence-corrected chi connectivity index (χ3v) is 4.01. The maximum Gasteiger partial charge on any atom is 0.142 e. The Bertz CT molecular complexity index is 425. The van der Waals surface area contributed by atoms with Gasteiger partial charge in [-0.1, -0.05) is 22.0 Å². The first kappa shape index (κ1) is 9.80. The zero-order valence-electron chi connectivity index (χ0n) is 7.70. The van der Waals surface area contributed by atoms with E-state index in [1.165, 1.54) is 4.88 Å². The topological polar surface area (TPSA) is 25.8 Å². The third-order valence-electron chi connectivity index (χ3n) is 1.90. The van der Waals surface area contributed by atoms with Gasteiger partial charge in [-0.3, -0.25) is 4.98 Å². The van der Waals surface area contributed by atoms with Crippen molar-refractivity contribution < 1.29 is 0 Å². The molecule has 0 aliphatic heterocycles. The minimum absolute atomic E-state index is 0.864. The van der Waals surface area contributed by atoms with E-state index >= 15 is 0 Å². The minimum Gasteiger partial charge on any atom is -0.254 e. The third kappa shape index (κ3) is 1.86. The van der Waals surface area contributed by atoms with Gasteiger partial charge in [-0.25, -0.2) is 4.98 Å². The van der Waals surface area contributed by atoms with Crippen LogP contribution in [0, 0.1) is 6.92 Å². The molecule has 0 aromatic carbocycles. The van der Waals surface area contributed by atoms with E-state index in [9.17, 15) is 0 Å². The summed E-state index contributed by atoms with van der Waals surface area (Å²) >= 11 is 5.14. The van der Waals surface area contributed by atoms with E-state index in [0.717, 1.165) is 21.7 Å². The van der Waals surface area contributed by atoms with Gasteiger partial charge in [0.05, 0.1) is 11.4 Å². The van der Waals surface area contributed by atoms with Crippen molar-refractivity contribution in [2.24, 2.45) is 0 Å². The number of halogens is 1. The number of nitrogens with zero attached hydrogens (tertiary/aromatic N) is 2. The van der Waals surface area contributed by atoms with Crippen LogP contribution in [0.1, 0.15) is 10.6 Å². The summed E-state index contributed by atoms with van der Waals surface area (Å²) in [6, 6.07) is 5.87. The second-order valence-electron chi connectivity index (χ2n) is 2.88. The van der Waals surface area contributed by atoms with Gasteiger partial charge in [0.15, 0.2) is 0 Å². The molecule has 0 aliphatic rings. The number of pyridine rings is 1. The Kier molecular flexibility index (Phi) is 2.93. The number of hydrogen-bond acceptors (Lipinski definition) is 3. The molecule has 0 spiro atoms. The lowest BCUT2D eigenvalue weighted by molar-refractivity contribution is 1.21. The molecular formula is C10H9BrN2S. The highest BCUT2D eigenvalue weighted by molar-refractivity contribution is 9.08. The van der Waals surface area contributed by atoms with Crippen LogP contribution >= 0.6 is 27.3 Å². The van der Waals surface area contributed by atoms with E-state index in [1.807, 2.05) is 25.1 Å². The molecule has 4 heteroatoms. The minimum atomic E-state index is 0.864. The molecular weight excluding hydrogens is 260 g/mol. The molecule has 2 aromatic heterocycles. The maximum atomic E-state index is 4.48. The number of hydrogen-bond donors (Lipinski definition) is 0. The summed E-state index contributed by atoms with van der Waals surface area (Å²) < 4.78 is 0. The largest absolute Gasteiger partial charge is 0.254 e. The molecule has 0 radical (unpaired) electrons. The average molecular weight is 269 g/mol. The van der Waals surface area contributed by atoms with Crippen molar-refractivity contribution in [3.8, 4) is 10.7 Å². The quantitative estimate of drug-likeness (QED) is 0.781. The SMILES string of the molecule is Cc1nc(-c2ccccn2)sc1CBr. The van der Waals surface area contributed by atoms with E-state index in [0.29, 0.717) is 0 Å². The van der Waals surface area contributed by atoms with Gasteiger partial charge in [-0.2, -0.15) is 0 Å². The van der Waals surface area contributed by atoms with Gasteiger partial charge in [0.1, 0.15) is 5.01 Å². The van der Waals surface area contributed by atoms with Gasteiger partial charge in [0.2, 0.25) is 0 Å². The monoisotopic (exact) mass is 268 g/mol. The summed E-state index contributed by atoms with van der Waals surface area (Å²) in [5, 5.41) is 1.86. The second-order valence-corrected chi connectivity index (χ2v) is 4.52. The summed E-state index contributed by atoms with van der Waals surface area (Å²) in [6.45, 7) is 2.03. The molecule has 0 bridgehead atoms. The first-order valence-electron chi connectivity index (χ1n) is 4.25. The van der Waals surface area contributed by atoms with E-state index in [1.54, 1.807) is 17.5 Å².